The van der Waals surface area contributed by atoms with Crippen molar-refractivity contribution in [3.8, 4) is 0 Å². The zero-order chi connectivity index (χ0) is 16.6. The number of pyridine rings is 1. The van der Waals surface area contributed by atoms with Gasteiger partial charge in [-0.2, -0.15) is 4.98 Å². The van der Waals surface area contributed by atoms with E-state index in [0.717, 1.165) is 23.1 Å². The average Bonchev–Trinajstić information content (AvgIpc) is 3.33. The SMILES string of the molecule is CN(c1nc(Nc2ccc(S(N)(=O)=O)nc2)ncc1Br)C1CC1. The zero-order valence-corrected chi connectivity index (χ0v) is 14.7. The van der Waals surface area contributed by atoms with Gasteiger partial charge in [0.15, 0.2) is 5.03 Å². The molecule has 0 bridgehead atoms. The second-order valence-corrected chi connectivity index (χ2v) is 7.62. The summed E-state index contributed by atoms with van der Waals surface area (Å²) in [5, 5.41) is 7.83. The van der Waals surface area contributed by atoms with Crippen molar-refractivity contribution in [2.75, 3.05) is 17.3 Å². The molecule has 1 fully saturated rings. The Kier molecular flexibility index (Phi) is 4.21. The summed E-state index contributed by atoms with van der Waals surface area (Å²) in [6.07, 6.45) is 5.37. The van der Waals surface area contributed by atoms with Gasteiger partial charge in [0.05, 0.1) is 16.4 Å². The quantitative estimate of drug-likeness (QED) is 0.785. The van der Waals surface area contributed by atoms with Crippen LogP contribution >= 0.6 is 15.9 Å². The van der Waals surface area contributed by atoms with Crippen molar-refractivity contribution < 1.29 is 8.42 Å². The molecule has 0 amide bonds. The predicted molar refractivity (Wildman–Crippen MR) is 90.0 cm³/mol. The predicted octanol–water partition coefficient (Wildman–Crippen LogP) is 1.62. The molecule has 0 aromatic carbocycles. The molecule has 0 atom stereocenters. The number of nitrogens with one attached hydrogen (secondary N) is 1. The van der Waals surface area contributed by atoms with Crippen LogP contribution in [0, 0.1) is 0 Å². The molecule has 122 valence electrons. The number of sulfonamides is 1. The molecular formula is C13H15BrN6O2S. The van der Waals surface area contributed by atoms with Gasteiger partial charge in [-0.1, -0.05) is 0 Å². The van der Waals surface area contributed by atoms with Crippen molar-refractivity contribution in [2.24, 2.45) is 5.14 Å². The maximum Gasteiger partial charge on any atom is 0.255 e. The molecule has 1 saturated carbocycles. The van der Waals surface area contributed by atoms with E-state index in [1.54, 1.807) is 12.3 Å². The summed E-state index contributed by atoms with van der Waals surface area (Å²) in [5.41, 5.74) is 0.569. The molecule has 0 saturated heterocycles. The number of nitrogens with zero attached hydrogens (tertiary/aromatic N) is 4. The molecule has 2 aromatic heterocycles. The van der Waals surface area contributed by atoms with E-state index in [1.165, 1.54) is 12.3 Å². The molecule has 23 heavy (non-hydrogen) atoms. The maximum atomic E-state index is 11.2. The summed E-state index contributed by atoms with van der Waals surface area (Å²) >= 11 is 3.46. The van der Waals surface area contributed by atoms with Crippen LogP contribution in [-0.4, -0.2) is 36.5 Å². The molecule has 8 nitrogen and oxygen atoms in total. The molecule has 10 heteroatoms. The van der Waals surface area contributed by atoms with Gasteiger partial charge in [-0.15, -0.1) is 0 Å². The van der Waals surface area contributed by atoms with Crippen LogP contribution in [0.4, 0.5) is 17.5 Å². The molecule has 1 aliphatic carbocycles. The highest BCUT2D eigenvalue weighted by atomic mass is 79.9. The average molecular weight is 399 g/mol. The lowest BCUT2D eigenvalue weighted by atomic mass is 10.4. The fraction of sp³-hybridized carbons (Fsp3) is 0.308. The van der Waals surface area contributed by atoms with Crippen LogP contribution in [0.3, 0.4) is 0 Å². The Hall–Kier alpha value is -1.78. The number of aromatic nitrogens is 3. The number of primary sulfonamides is 1. The van der Waals surface area contributed by atoms with Crippen LogP contribution in [0.5, 0.6) is 0 Å². The number of hydrogen-bond donors (Lipinski definition) is 2. The van der Waals surface area contributed by atoms with Crippen molar-refractivity contribution in [3.05, 3.63) is 29.0 Å². The van der Waals surface area contributed by atoms with E-state index in [2.05, 4.69) is 41.1 Å². The largest absolute Gasteiger partial charge is 0.356 e. The number of nitrogens with two attached hydrogens (primary N) is 1. The van der Waals surface area contributed by atoms with Crippen LogP contribution in [0.2, 0.25) is 0 Å². The minimum atomic E-state index is -3.80. The van der Waals surface area contributed by atoms with Crippen molar-refractivity contribution >= 4 is 43.4 Å². The summed E-state index contributed by atoms with van der Waals surface area (Å²) in [5.74, 6) is 1.21. The van der Waals surface area contributed by atoms with Gasteiger partial charge >= 0.3 is 0 Å². The molecule has 1 aliphatic rings. The summed E-state index contributed by atoms with van der Waals surface area (Å²) < 4.78 is 23.2. The Bertz CT molecular complexity index is 823. The van der Waals surface area contributed by atoms with Crippen LogP contribution < -0.4 is 15.4 Å². The lowest BCUT2D eigenvalue weighted by Gasteiger charge is -2.19. The van der Waals surface area contributed by atoms with Gasteiger partial charge < -0.3 is 10.2 Å². The summed E-state index contributed by atoms with van der Waals surface area (Å²) in [6.45, 7) is 0. The first-order valence-corrected chi connectivity index (χ1v) is 9.20. The highest BCUT2D eigenvalue weighted by Crippen LogP contribution is 2.33. The van der Waals surface area contributed by atoms with E-state index in [-0.39, 0.29) is 5.03 Å². The monoisotopic (exact) mass is 398 g/mol. The Morgan fingerprint density at radius 1 is 1.30 bits per heavy atom. The maximum absolute atomic E-state index is 11.2. The molecule has 3 N–H and O–H groups in total. The van der Waals surface area contributed by atoms with Gasteiger partial charge in [0.2, 0.25) is 5.95 Å². The topological polar surface area (TPSA) is 114 Å². The summed E-state index contributed by atoms with van der Waals surface area (Å²) in [6, 6.07) is 3.40. The van der Waals surface area contributed by atoms with Crippen molar-refractivity contribution in [2.45, 2.75) is 23.9 Å². The third-order valence-corrected chi connectivity index (χ3v) is 4.82. The summed E-state index contributed by atoms with van der Waals surface area (Å²) in [4.78, 5) is 14.6. The van der Waals surface area contributed by atoms with Gasteiger partial charge in [0.25, 0.3) is 10.0 Å². The van der Waals surface area contributed by atoms with E-state index in [9.17, 15) is 8.42 Å². The standard InChI is InChI=1S/C13H15BrN6O2S/c1-20(9-3-4-9)12-10(14)7-17-13(19-12)18-8-2-5-11(16-6-8)23(15,21)22/h2,5-7,9H,3-4H2,1H3,(H2,15,21,22)(H,17,18,19). The van der Waals surface area contributed by atoms with E-state index < -0.39 is 10.0 Å². The lowest BCUT2D eigenvalue weighted by Crippen LogP contribution is -2.21. The van der Waals surface area contributed by atoms with Crippen LogP contribution in [0.15, 0.2) is 34.0 Å². The van der Waals surface area contributed by atoms with E-state index in [4.69, 9.17) is 5.14 Å². The van der Waals surface area contributed by atoms with Gasteiger partial charge in [0.1, 0.15) is 5.82 Å². The number of hydrogen-bond acceptors (Lipinski definition) is 7. The Labute approximate surface area is 142 Å². The van der Waals surface area contributed by atoms with Gasteiger partial charge in [0, 0.05) is 19.3 Å². The molecule has 0 unspecified atom stereocenters. The molecule has 2 heterocycles. The smallest absolute Gasteiger partial charge is 0.255 e. The Balaban J connectivity index is 1.81. The normalized spacial score (nSPS) is 14.6. The first-order valence-electron chi connectivity index (χ1n) is 6.86. The third kappa shape index (κ3) is 3.77. The fourth-order valence-electron chi connectivity index (χ4n) is 2.05. The van der Waals surface area contributed by atoms with E-state index in [1.807, 2.05) is 7.05 Å². The van der Waals surface area contributed by atoms with Crippen molar-refractivity contribution in [1.82, 2.24) is 15.0 Å². The first-order chi connectivity index (χ1) is 10.8. The minimum Gasteiger partial charge on any atom is -0.356 e. The van der Waals surface area contributed by atoms with E-state index in [0.29, 0.717) is 17.7 Å². The fourth-order valence-corrected chi connectivity index (χ4v) is 2.98. The van der Waals surface area contributed by atoms with Gasteiger partial charge in [-0.25, -0.2) is 23.5 Å². The van der Waals surface area contributed by atoms with Gasteiger partial charge in [-0.05, 0) is 40.9 Å². The number of halogens is 1. The van der Waals surface area contributed by atoms with Crippen molar-refractivity contribution in [1.29, 1.82) is 0 Å². The molecule has 0 aliphatic heterocycles. The molecule has 0 spiro atoms. The lowest BCUT2D eigenvalue weighted by molar-refractivity contribution is 0.594. The third-order valence-electron chi connectivity index (χ3n) is 3.44. The minimum absolute atomic E-state index is 0.186. The Morgan fingerprint density at radius 2 is 2.04 bits per heavy atom. The molecule has 2 aromatic rings. The van der Waals surface area contributed by atoms with Gasteiger partial charge in [-0.3, -0.25) is 0 Å². The van der Waals surface area contributed by atoms with Crippen LogP contribution in [-0.2, 0) is 10.0 Å². The highest BCUT2D eigenvalue weighted by molar-refractivity contribution is 9.10. The van der Waals surface area contributed by atoms with Crippen molar-refractivity contribution in [3.63, 3.8) is 0 Å². The number of rotatable bonds is 5. The molecular weight excluding hydrogens is 384 g/mol. The molecule has 0 radical (unpaired) electrons. The second kappa shape index (κ2) is 6.02. The number of anilines is 3. The zero-order valence-electron chi connectivity index (χ0n) is 12.3. The Morgan fingerprint density at radius 3 is 2.61 bits per heavy atom. The first kappa shape index (κ1) is 16.1. The van der Waals surface area contributed by atoms with Crippen LogP contribution in [0.1, 0.15) is 12.8 Å². The molecule has 3 rings (SSSR count). The van der Waals surface area contributed by atoms with E-state index >= 15 is 0 Å². The van der Waals surface area contributed by atoms with Crippen LogP contribution in [0.25, 0.3) is 0 Å². The second-order valence-electron chi connectivity index (χ2n) is 5.26. The highest BCUT2D eigenvalue weighted by Gasteiger charge is 2.28. The summed E-state index contributed by atoms with van der Waals surface area (Å²) in [7, 11) is -1.80.